The zero-order valence-corrected chi connectivity index (χ0v) is 9.43. The molecule has 0 aliphatic rings. The number of nitrogens with zero attached hydrogens (tertiary/aromatic N) is 1. The Hall–Kier alpha value is -1.08. The summed E-state index contributed by atoms with van der Waals surface area (Å²) in [4.78, 5) is 0. The second-order valence-electron chi connectivity index (χ2n) is 3.04. The highest BCUT2D eigenvalue weighted by molar-refractivity contribution is 9.10. The van der Waals surface area contributed by atoms with E-state index in [0.29, 0.717) is 10.2 Å². The highest BCUT2D eigenvalue weighted by atomic mass is 79.9. The molecule has 0 heterocycles. The third-order valence-electron chi connectivity index (χ3n) is 1.48. The summed E-state index contributed by atoms with van der Waals surface area (Å²) in [5, 5.41) is 8.76. The highest BCUT2D eigenvalue weighted by Crippen LogP contribution is 2.30. The van der Waals surface area contributed by atoms with Crippen molar-refractivity contribution in [1.29, 1.82) is 5.26 Å². The van der Waals surface area contributed by atoms with Crippen LogP contribution in [0, 0.1) is 17.1 Å². The quantitative estimate of drug-likeness (QED) is 0.815. The molecule has 0 aliphatic carbocycles. The molecule has 0 saturated carbocycles. The van der Waals surface area contributed by atoms with Crippen LogP contribution >= 0.6 is 15.9 Å². The minimum atomic E-state index is -0.454. The number of halogens is 2. The molecular weight excluding hydrogens is 249 g/mol. The van der Waals surface area contributed by atoms with Gasteiger partial charge in [-0.05, 0) is 41.9 Å². The van der Waals surface area contributed by atoms with E-state index in [4.69, 9.17) is 10.00 Å². The third kappa shape index (κ3) is 2.46. The molecule has 1 rings (SSSR count). The van der Waals surface area contributed by atoms with E-state index in [-0.39, 0.29) is 11.7 Å². The molecule has 4 heteroatoms. The first-order chi connectivity index (χ1) is 6.54. The smallest absolute Gasteiger partial charge is 0.151 e. The molecular formula is C10H9BrFNO. The molecule has 0 spiro atoms. The molecule has 0 amide bonds. The maximum atomic E-state index is 12.9. The van der Waals surface area contributed by atoms with Crippen LogP contribution in [0.15, 0.2) is 16.6 Å². The van der Waals surface area contributed by atoms with Gasteiger partial charge in [0.25, 0.3) is 0 Å². The van der Waals surface area contributed by atoms with Crippen molar-refractivity contribution in [3.8, 4) is 11.8 Å². The number of ether oxygens (including phenoxy) is 1. The molecule has 14 heavy (non-hydrogen) atoms. The van der Waals surface area contributed by atoms with E-state index in [2.05, 4.69) is 15.9 Å². The molecule has 74 valence electrons. The van der Waals surface area contributed by atoms with Crippen molar-refractivity contribution in [3.05, 3.63) is 28.0 Å². The maximum Gasteiger partial charge on any atom is 0.151 e. The number of hydrogen-bond donors (Lipinski definition) is 0. The monoisotopic (exact) mass is 257 g/mol. The lowest BCUT2D eigenvalue weighted by atomic mass is 10.2. The van der Waals surface area contributed by atoms with Crippen LogP contribution < -0.4 is 4.74 Å². The normalized spacial score (nSPS) is 10.0. The molecule has 0 aromatic heterocycles. The summed E-state index contributed by atoms with van der Waals surface area (Å²) in [6, 6.07) is 4.32. The average molecular weight is 258 g/mol. The minimum absolute atomic E-state index is 0.0520. The Morgan fingerprint density at radius 3 is 2.64 bits per heavy atom. The molecule has 0 unspecified atom stereocenters. The molecule has 0 saturated heterocycles. The first kappa shape index (κ1) is 11.0. The number of hydrogen-bond acceptors (Lipinski definition) is 2. The lowest BCUT2D eigenvalue weighted by Gasteiger charge is -2.12. The van der Waals surface area contributed by atoms with E-state index in [0.717, 1.165) is 6.07 Å². The Bertz CT molecular complexity index is 384. The highest BCUT2D eigenvalue weighted by Gasteiger charge is 2.11. The van der Waals surface area contributed by atoms with Crippen molar-refractivity contribution in [1.82, 2.24) is 0 Å². The van der Waals surface area contributed by atoms with Crippen molar-refractivity contribution >= 4 is 15.9 Å². The Morgan fingerprint density at radius 1 is 1.50 bits per heavy atom. The SMILES string of the molecule is CC(C)Oc1c(Br)cc(F)cc1C#N. The fourth-order valence-corrected chi connectivity index (χ4v) is 1.52. The summed E-state index contributed by atoms with van der Waals surface area (Å²) < 4.78 is 18.7. The van der Waals surface area contributed by atoms with Gasteiger partial charge in [-0.1, -0.05) is 0 Å². The molecule has 0 bridgehead atoms. The Kier molecular flexibility index (Phi) is 3.48. The van der Waals surface area contributed by atoms with Gasteiger partial charge < -0.3 is 4.74 Å². The van der Waals surface area contributed by atoms with Crippen LogP contribution in [-0.2, 0) is 0 Å². The lowest BCUT2D eigenvalue weighted by Crippen LogP contribution is -2.07. The molecule has 2 nitrogen and oxygen atoms in total. The minimum Gasteiger partial charge on any atom is -0.488 e. The van der Waals surface area contributed by atoms with Crippen molar-refractivity contribution in [3.63, 3.8) is 0 Å². The molecule has 0 N–H and O–H groups in total. The fourth-order valence-electron chi connectivity index (χ4n) is 0.999. The third-order valence-corrected chi connectivity index (χ3v) is 2.07. The van der Waals surface area contributed by atoms with Crippen LogP contribution in [0.1, 0.15) is 19.4 Å². The van der Waals surface area contributed by atoms with Gasteiger partial charge in [0.05, 0.1) is 16.1 Å². The van der Waals surface area contributed by atoms with Gasteiger partial charge in [0.15, 0.2) is 5.75 Å². The molecule has 0 atom stereocenters. The Balaban J connectivity index is 3.20. The zero-order valence-electron chi connectivity index (χ0n) is 7.84. The van der Waals surface area contributed by atoms with Gasteiger partial charge in [-0.2, -0.15) is 5.26 Å². The predicted octanol–water partition coefficient (Wildman–Crippen LogP) is 3.25. The van der Waals surface area contributed by atoms with Gasteiger partial charge in [0.1, 0.15) is 11.9 Å². The lowest BCUT2D eigenvalue weighted by molar-refractivity contribution is 0.240. The van der Waals surface area contributed by atoms with Crippen LogP contribution in [0.5, 0.6) is 5.75 Å². The summed E-state index contributed by atoms with van der Waals surface area (Å²) in [5.41, 5.74) is 0.200. The van der Waals surface area contributed by atoms with Gasteiger partial charge in [-0.3, -0.25) is 0 Å². The summed E-state index contributed by atoms with van der Waals surface area (Å²) in [6.45, 7) is 3.69. The molecule has 0 fully saturated rings. The standard InChI is InChI=1S/C10H9BrFNO/c1-6(2)14-10-7(5-13)3-8(12)4-9(10)11/h3-4,6H,1-2H3. The first-order valence-corrected chi connectivity index (χ1v) is 4.89. The van der Waals surface area contributed by atoms with E-state index in [1.807, 2.05) is 19.9 Å². The van der Waals surface area contributed by atoms with Crippen LogP contribution in [0.2, 0.25) is 0 Å². The van der Waals surface area contributed by atoms with Crippen LogP contribution in [0.3, 0.4) is 0 Å². The Morgan fingerprint density at radius 2 is 2.14 bits per heavy atom. The number of nitriles is 1. The first-order valence-electron chi connectivity index (χ1n) is 4.10. The number of rotatable bonds is 2. The topological polar surface area (TPSA) is 33.0 Å². The largest absolute Gasteiger partial charge is 0.488 e. The summed E-state index contributed by atoms with van der Waals surface area (Å²) >= 11 is 3.15. The average Bonchev–Trinajstić information content (AvgIpc) is 2.08. The van der Waals surface area contributed by atoms with Gasteiger partial charge >= 0.3 is 0 Å². The zero-order chi connectivity index (χ0) is 10.7. The van der Waals surface area contributed by atoms with Crippen molar-refractivity contribution < 1.29 is 9.13 Å². The van der Waals surface area contributed by atoms with E-state index < -0.39 is 5.82 Å². The van der Waals surface area contributed by atoms with Crippen molar-refractivity contribution in [2.75, 3.05) is 0 Å². The van der Waals surface area contributed by atoms with Gasteiger partial charge in [-0.25, -0.2) is 4.39 Å². The maximum absolute atomic E-state index is 12.9. The summed E-state index contributed by atoms with van der Waals surface area (Å²) in [7, 11) is 0. The molecule has 0 radical (unpaired) electrons. The van der Waals surface area contributed by atoms with E-state index in [1.54, 1.807) is 0 Å². The molecule has 1 aromatic rings. The predicted molar refractivity (Wildman–Crippen MR) is 54.6 cm³/mol. The van der Waals surface area contributed by atoms with Crippen molar-refractivity contribution in [2.24, 2.45) is 0 Å². The van der Waals surface area contributed by atoms with Gasteiger partial charge in [-0.15, -0.1) is 0 Å². The van der Waals surface area contributed by atoms with Crippen LogP contribution in [0.4, 0.5) is 4.39 Å². The van der Waals surface area contributed by atoms with Crippen molar-refractivity contribution in [2.45, 2.75) is 20.0 Å². The van der Waals surface area contributed by atoms with Gasteiger partial charge in [0, 0.05) is 0 Å². The van der Waals surface area contributed by atoms with Gasteiger partial charge in [0.2, 0.25) is 0 Å². The van der Waals surface area contributed by atoms with E-state index in [1.165, 1.54) is 6.07 Å². The van der Waals surface area contributed by atoms with Crippen LogP contribution in [0.25, 0.3) is 0 Å². The van der Waals surface area contributed by atoms with Crippen LogP contribution in [-0.4, -0.2) is 6.10 Å². The molecule has 0 aliphatic heterocycles. The second-order valence-corrected chi connectivity index (χ2v) is 3.90. The summed E-state index contributed by atoms with van der Waals surface area (Å²) in [6.07, 6.45) is -0.0520. The number of benzene rings is 1. The van der Waals surface area contributed by atoms with E-state index >= 15 is 0 Å². The fraction of sp³-hybridized carbons (Fsp3) is 0.300. The summed E-state index contributed by atoms with van der Waals surface area (Å²) in [5.74, 6) is -0.0616. The second kappa shape index (κ2) is 4.43. The molecule has 1 aromatic carbocycles. The Labute approximate surface area is 90.4 Å². The van der Waals surface area contributed by atoms with E-state index in [9.17, 15) is 4.39 Å².